The Labute approximate surface area is 231 Å². The van der Waals surface area contributed by atoms with E-state index in [1.54, 1.807) is 6.07 Å². The molecule has 38 heavy (non-hydrogen) atoms. The Bertz CT molecular complexity index is 1490. The second kappa shape index (κ2) is 9.71. The number of rotatable bonds is 4. The van der Waals surface area contributed by atoms with Crippen molar-refractivity contribution in [2.24, 2.45) is 5.41 Å². The lowest BCUT2D eigenvalue weighted by atomic mass is 9.87. The first kappa shape index (κ1) is 26.2. The van der Waals surface area contributed by atoms with E-state index in [9.17, 15) is 4.79 Å². The largest absolute Gasteiger partial charge is 0.471 e. The maximum atomic E-state index is 13.0. The predicted octanol–water partition coefficient (Wildman–Crippen LogP) is 7.54. The third-order valence-corrected chi connectivity index (χ3v) is 7.01. The standard InChI is InChI=1S/C29H28Cl2N4O3/c1-28(2,3)27(36)33-23-14-29(4,5)38-26-21(23)13-20(16-6-9-18(30)10-7-16)24(34-26)19-11-8-17(12-22(19)31)25-32-15-37-35-25/h6-13,15,23H,14H2,1-5H3,(H,33,36). The molecule has 0 saturated heterocycles. The van der Waals surface area contributed by atoms with Gasteiger partial charge in [-0.1, -0.05) is 73.4 Å². The summed E-state index contributed by atoms with van der Waals surface area (Å²) in [5, 5.41) is 8.23. The Hall–Kier alpha value is -3.42. The molecule has 1 aliphatic heterocycles. The van der Waals surface area contributed by atoms with Gasteiger partial charge in [0.1, 0.15) is 5.60 Å². The molecule has 1 amide bonds. The van der Waals surface area contributed by atoms with Crippen LogP contribution in [0.1, 0.15) is 52.6 Å². The molecule has 4 aromatic rings. The molecule has 1 unspecified atom stereocenters. The maximum absolute atomic E-state index is 13.0. The normalized spacial score (nSPS) is 16.4. The molecule has 0 spiro atoms. The Balaban J connectivity index is 1.68. The van der Waals surface area contributed by atoms with Gasteiger partial charge in [-0.3, -0.25) is 4.79 Å². The van der Waals surface area contributed by atoms with Gasteiger partial charge in [-0.25, -0.2) is 4.98 Å². The molecule has 1 N–H and O–H groups in total. The number of carbonyl (C=O) groups excluding carboxylic acids is 1. The summed E-state index contributed by atoms with van der Waals surface area (Å²) in [6, 6.07) is 14.8. The molecule has 5 rings (SSSR count). The second-order valence-electron chi connectivity index (χ2n) is 11.1. The summed E-state index contributed by atoms with van der Waals surface area (Å²) in [4.78, 5) is 22.1. The lowest BCUT2D eigenvalue weighted by molar-refractivity contribution is -0.129. The van der Waals surface area contributed by atoms with E-state index in [2.05, 4.69) is 15.5 Å². The van der Waals surface area contributed by atoms with E-state index in [0.29, 0.717) is 39.4 Å². The molecule has 2 aromatic carbocycles. The summed E-state index contributed by atoms with van der Waals surface area (Å²) in [6.07, 6.45) is 1.87. The molecule has 9 heteroatoms. The zero-order chi connectivity index (χ0) is 27.2. The highest BCUT2D eigenvalue weighted by molar-refractivity contribution is 6.33. The molecule has 196 valence electrons. The van der Waals surface area contributed by atoms with Gasteiger partial charge in [0.2, 0.25) is 24.0 Å². The smallest absolute Gasteiger partial charge is 0.225 e. The fraction of sp³-hybridized carbons (Fsp3) is 0.310. The number of aromatic nitrogens is 3. The van der Waals surface area contributed by atoms with E-state index in [1.165, 1.54) is 6.39 Å². The number of halogens is 2. The van der Waals surface area contributed by atoms with Crippen molar-refractivity contribution in [1.82, 2.24) is 20.4 Å². The van der Waals surface area contributed by atoms with Crippen LogP contribution in [0.25, 0.3) is 33.8 Å². The Morgan fingerprint density at radius 2 is 1.74 bits per heavy atom. The molecule has 1 aliphatic rings. The summed E-state index contributed by atoms with van der Waals surface area (Å²) in [5.74, 6) is 0.868. The fourth-order valence-electron chi connectivity index (χ4n) is 4.45. The zero-order valence-corrected chi connectivity index (χ0v) is 23.3. The van der Waals surface area contributed by atoms with E-state index in [4.69, 9.17) is 37.4 Å². The quantitative estimate of drug-likeness (QED) is 0.282. The Morgan fingerprint density at radius 1 is 1.03 bits per heavy atom. The van der Waals surface area contributed by atoms with Crippen LogP contribution in [-0.2, 0) is 4.79 Å². The van der Waals surface area contributed by atoms with Crippen LogP contribution in [0, 0.1) is 5.41 Å². The molecular weight excluding hydrogens is 523 g/mol. The van der Waals surface area contributed by atoms with Crippen molar-refractivity contribution in [3.63, 3.8) is 0 Å². The van der Waals surface area contributed by atoms with Crippen molar-refractivity contribution in [2.75, 3.05) is 0 Å². The minimum Gasteiger partial charge on any atom is -0.471 e. The third-order valence-electron chi connectivity index (χ3n) is 6.44. The first-order valence-corrected chi connectivity index (χ1v) is 13.0. The molecule has 3 heterocycles. The second-order valence-corrected chi connectivity index (χ2v) is 11.9. The zero-order valence-electron chi connectivity index (χ0n) is 21.8. The van der Waals surface area contributed by atoms with Gasteiger partial charge in [-0.2, -0.15) is 4.98 Å². The summed E-state index contributed by atoms with van der Waals surface area (Å²) in [5.41, 5.74) is 3.57. The van der Waals surface area contributed by atoms with Crippen molar-refractivity contribution < 1.29 is 14.1 Å². The van der Waals surface area contributed by atoms with Gasteiger partial charge in [0.05, 0.1) is 16.8 Å². The number of fused-ring (bicyclic) bond motifs is 1. The van der Waals surface area contributed by atoms with E-state index >= 15 is 0 Å². The molecule has 7 nitrogen and oxygen atoms in total. The van der Waals surface area contributed by atoms with E-state index in [-0.39, 0.29) is 11.9 Å². The molecule has 2 aromatic heterocycles. The minimum absolute atomic E-state index is 0.0385. The number of ether oxygens (including phenoxy) is 1. The molecule has 0 saturated carbocycles. The summed E-state index contributed by atoms with van der Waals surface area (Å²) < 4.78 is 11.2. The van der Waals surface area contributed by atoms with Gasteiger partial charge in [0.15, 0.2) is 0 Å². The SMILES string of the molecule is CC1(C)CC(NC(=O)C(C)(C)C)c2cc(-c3ccc(Cl)cc3)c(-c3ccc(-c4ncon4)cc3Cl)nc2O1. The monoisotopic (exact) mass is 550 g/mol. The molecule has 1 atom stereocenters. The topological polar surface area (TPSA) is 90.1 Å². The van der Waals surface area contributed by atoms with Crippen LogP contribution < -0.4 is 10.1 Å². The van der Waals surface area contributed by atoms with Crippen molar-refractivity contribution in [3.05, 3.63) is 70.5 Å². The molecule has 0 bridgehead atoms. The van der Waals surface area contributed by atoms with Crippen LogP contribution >= 0.6 is 23.2 Å². The molecule has 0 radical (unpaired) electrons. The van der Waals surface area contributed by atoms with Gasteiger partial charge in [0.25, 0.3) is 0 Å². The van der Waals surface area contributed by atoms with Crippen LogP contribution in [0.5, 0.6) is 5.88 Å². The average molecular weight is 551 g/mol. The molecule has 0 fully saturated rings. The van der Waals surface area contributed by atoms with Crippen molar-refractivity contribution in [2.45, 2.75) is 52.7 Å². The highest BCUT2D eigenvalue weighted by atomic mass is 35.5. The highest BCUT2D eigenvalue weighted by Crippen LogP contribution is 2.45. The number of pyridine rings is 1. The number of amides is 1. The van der Waals surface area contributed by atoms with Gasteiger partial charge in [0, 0.05) is 39.1 Å². The van der Waals surface area contributed by atoms with Crippen molar-refractivity contribution in [1.29, 1.82) is 0 Å². The van der Waals surface area contributed by atoms with Crippen molar-refractivity contribution >= 4 is 29.1 Å². The minimum atomic E-state index is -0.541. The lowest BCUT2D eigenvalue weighted by Crippen LogP contribution is -2.44. The van der Waals surface area contributed by atoms with Crippen LogP contribution in [0.15, 0.2) is 59.4 Å². The fourth-order valence-corrected chi connectivity index (χ4v) is 4.85. The van der Waals surface area contributed by atoms with Crippen LogP contribution in [0.3, 0.4) is 0 Å². The maximum Gasteiger partial charge on any atom is 0.225 e. The van der Waals surface area contributed by atoms with Gasteiger partial charge in [-0.05, 0) is 43.7 Å². The number of nitrogens with zero attached hydrogens (tertiary/aromatic N) is 3. The van der Waals surface area contributed by atoms with Gasteiger partial charge >= 0.3 is 0 Å². The number of carbonyl (C=O) groups is 1. The summed E-state index contributed by atoms with van der Waals surface area (Å²) >= 11 is 13.0. The number of hydrogen-bond acceptors (Lipinski definition) is 6. The van der Waals surface area contributed by atoms with E-state index in [1.807, 2.05) is 77.1 Å². The van der Waals surface area contributed by atoms with Crippen molar-refractivity contribution in [3.8, 4) is 39.7 Å². The lowest BCUT2D eigenvalue weighted by Gasteiger charge is -2.38. The number of hydrogen-bond donors (Lipinski definition) is 1. The molecular formula is C29H28Cl2N4O3. The van der Waals surface area contributed by atoms with Gasteiger partial charge in [-0.15, -0.1) is 0 Å². The molecule has 0 aliphatic carbocycles. The van der Waals surface area contributed by atoms with Gasteiger partial charge < -0.3 is 14.6 Å². The predicted molar refractivity (Wildman–Crippen MR) is 148 cm³/mol. The first-order chi connectivity index (χ1) is 17.9. The summed E-state index contributed by atoms with van der Waals surface area (Å²) in [6.45, 7) is 9.68. The van der Waals surface area contributed by atoms with Crippen LogP contribution in [-0.4, -0.2) is 26.6 Å². The van der Waals surface area contributed by atoms with Crippen LogP contribution in [0.2, 0.25) is 10.0 Å². The van der Waals surface area contributed by atoms with Crippen LogP contribution in [0.4, 0.5) is 0 Å². The summed E-state index contributed by atoms with van der Waals surface area (Å²) in [7, 11) is 0. The number of nitrogens with one attached hydrogen (secondary N) is 1. The Morgan fingerprint density at radius 3 is 2.37 bits per heavy atom. The Kier molecular flexibility index (Phi) is 6.70. The average Bonchev–Trinajstić information content (AvgIpc) is 3.38. The number of benzene rings is 2. The van der Waals surface area contributed by atoms with E-state index < -0.39 is 11.0 Å². The highest BCUT2D eigenvalue weighted by Gasteiger charge is 2.38. The third kappa shape index (κ3) is 5.26. The first-order valence-electron chi connectivity index (χ1n) is 12.3. The van der Waals surface area contributed by atoms with E-state index in [0.717, 1.165) is 22.3 Å².